The van der Waals surface area contributed by atoms with E-state index in [0.29, 0.717) is 0 Å². The van der Waals surface area contributed by atoms with Gasteiger partial charge in [-0.2, -0.15) is 5.10 Å². The van der Waals surface area contributed by atoms with Crippen molar-refractivity contribution in [3.63, 3.8) is 0 Å². The summed E-state index contributed by atoms with van der Waals surface area (Å²) in [6, 6.07) is 0. The summed E-state index contributed by atoms with van der Waals surface area (Å²) in [7, 11) is -0.641. The molecule has 0 radical (unpaired) electrons. The summed E-state index contributed by atoms with van der Waals surface area (Å²) in [5, 5.41) is 12.2. The van der Waals surface area contributed by atoms with Gasteiger partial charge in [-0.15, -0.1) is 0 Å². The molecule has 0 fully saturated rings. The number of hydrogen-bond donors (Lipinski definition) is 2. The summed E-state index contributed by atoms with van der Waals surface area (Å²) >= 11 is 0. The lowest BCUT2D eigenvalue weighted by Crippen LogP contribution is -2.30. The average Bonchev–Trinajstić information content (AvgIpc) is 2.76. The molecule has 0 aliphatic heterocycles. The minimum absolute atomic E-state index is 0.0372. The van der Waals surface area contributed by atoms with Crippen molar-refractivity contribution in [3.8, 4) is 0 Å². The average molecular weight is 304 g/mol. The number of sulfonamides is 1. The molecule has 1 rings (SSSR count). The Bertz CT molecular complexity index is 593. The molecule has 0 atom stereocenters. The van der Waals surface area contributed by atoms with E-state index in [4.69, 9.17) is 5.11 Å². The molecule has 0 aromatic carbocycles. The third-order valence-electron chi connectivity index (χ3n) is 2.35. The van der Waals surface area contributed by atoms with Crippen LogP contribution in [0, 0.1) is 0 Å². The van der Waals surface area contributed by atoms with Gasteiger partial charge < -0.3 is 10.0 Å². The van der Waals surface area contributed by atoms with Crippen molar-refractivity contribution < 1.29 is 23.1 Å². The van der Waals surface area contributed by atoms with Gasteiger partial charge in [0.05, 0.1) is 6.20 Å². The number of nitrogens with zero attached hydrogens (tertiary/aromatic N) is 3. The van der Waals surface area contributed by atoms with Gasteiger partial charge >= 0.3 is 5.97 Å². The Balaban J connectivity index is 2.62. The number of carboxylic acids is 1. The lowest BCUT2D eigenvalue weighted by Gasteiger charge is -2.10. The fraction of sp³-hybridized carbons (Fsp3) is 0.500. The van der Waals surface area contributed by atoms with Gasteiger partial charge in [-0.3, -0.25) is 14.3 Å². The Morgan fingerprint density at radius 2 is 2.10 bits per heavy atom. The van der Waals surface area contributed by atoms with Crippen LogP contribution in [-0.4, -0.2) is 60.7 Å². The molecule has 0 unspecified atom stereocenters. The van der Waals surface area contributed by atoms with Crippen molar-refractivity contribution in [1.82, 2.24) is 19.4 Å². The maximum atomic E-state index is 11.8. The lowest BCUT2D eigenvalue weighted by molar-refractivity contribution is -0.138. The molecular formula is C10H16N4O5S. The highest BCUT2D eigenvalue weighted by molar-refractivity contribution is 7.89. The number of hydrogen-bond acceptors (Lipinski definition) is 5. The zero-order valence-corrected chi connectivity index (χ0v) is 11.9. The van der Waals surface area contributed by atoms with E-state index >= 15 is 0 Å². The predicted molar refractivity (Wildman–Crippen MR) is 68.4 cm³/mol. The monoisotopic (exact) mass is 304 g/mol. The van der Waals surface area contributed by atoms with Gasteiger partial charge in [0.15, 0.2) is 0 Å². The molecule has 0 saturated heterocycles. The second kappa shape index (κ2) is 6.48. The van der Waals surface area contributed by atoms with E-state index in [-0.39, 0.29) is 23.8 Å². The van der Waals surface area contributed by atoms with Crippen molar-refractivity contribution in [2.45, 2.75) is 17.9 Å². The quantitative estimate of drug-likeness (QED) is 0.647. The first-order valence-electron chi connectivity index (χ1n) is 5.66. The van der Waals surface area contributed by atoms with Gasteiger partial charge in [-0.05, 0) is 0 Å². The smallest absolute Gasteiger partial charge is 0.325 e. The van der Waals surface area contributed by atoms with Gasteiger partial charge in [0.2, 0.25) is 15.9 Å². The number of amides is 1. The Kier molecular flexibility index (Phi) is 5.22. The van der Waals surface area contributed by atoms with E-state index in [1.54, 1.807) is 14.1 Å². The molecule has 1 amide bonds. The highest BCUT2D eigenvalue weighted by atomic mass is 32.2. The van der Waals surface area contributed by atoms with Crippen molar-refractivity contribution in [2.24, 2.45) is 0 Å². The summed E-state index contributed by atoms with van der Waals surface area (Å²) < 4.78 is 26.9. The van der Waals surface area contributed by atoms with Crippen LogP contribution in [0.15, 0.2) is 17.3 Å². The molecule has 1 aromatic rings. The number of rotatable bonds is 7. The van der Waals surface area contributed by atoms with E-state index in [0.717, 1.165) is 17.1 Å². The van der Waals surface area contributed by atoms with Crippen molar-refractivity contribution >= 4 is 21.9 Å². The van der Waals surface area contributed by atoms with E-state index in [1.165, 1.54) is 4.90 Å². The minimum Gasteiger partial charge on any atom is -0.480 e. The first-order valence-corrected chi connectivity index (χ1v) is 7.15. The van der Waals surface area contributed by atoms with Crippen LogP contribution < -0.4 is 4.72 Å². The van der Waals surface area contributed by atoms with Crippen LogP contribution in [-0.2, 0) is 26.2 Å². The number of aromatic nitrogens is 2. The zero-order chi connectivity index (χ0) is 15.3. The summed E-state index contributed by atoms with van der Waals surface area (Å²) in [6.45, 7) is -0.460. The van der Waals surface area contributed by atoms with Crippen LogP contribution in [0.1, 0.15) is 6.42 Å². The number of nitrogens with one attached hydrogen (secondary N) is 1. The summed E-state index contributed by atoms with van der Waals surface area (Å²) in [5.41, 5.74) is 0. The minimum atomic E-state index is -3.79. The molecule has 0 spiro atoms. The standard InChI is InChI=1S/C10H16N4O5S/c1-13(2)9(15)3-4-12-20(18,19)8-5-11-14(6-8)7-10(16)17/h5-6,12H,3-4,7H2,1-2H3,(H,16,17). The molecule has 0 bridgehead atoms. The third kappa shape index (κ3) is 4.63. The highest BCUT2D eigenvalue weighted by Gasteiger charge is 2.17. The summed E-state index contributed by atoms with van der Waals surface area (Å²) in [6.07, 6.45) is 2.21. The second-order valence-electron chi connectivity index (χ2n) is 4.20. The molecular weight excluding hydrogens is 288 g/mol. The van der Waals surface area contributed by atoms with Gasteiger partial charge in [-0.1, -0.05) is 0 Å². The number of carbonyl (C=O) groups excluding carboxylic acids is 1. The van der Waals surface area contributed by atoms with Crippen LogP contribution in [0.25, 0.3) is 0 Å². The molecule has 9 nitrogen and oxygen atoms in total. The molecule has 0 aliphatic carbocycles. The van der Waals surface area contributed by atoms with E-state index in [2.05, 4.69) is 9.82 Å². The van der Waals surface area contributed by atoms with Crippen molar-refractivity contribution in [3.05, 3.63) is 12.4 Å². The second-order valence-corrected chi connectivity index (χ2v) is 5.97. The van der Waals surface area contributed by atoms with Crippen LogP contribution in [0.3, 0.4) is 0 Å². The molecule has 112 valence electrons. The zero-order valence-electron chi connectivity index (χ0n) is 11.1. The molecule has 0 aliphatic rings. The Hall–Kier alpha value is -1.94. The molecule has 1 aromatic heterocycles. The molecule has 20 heavy (non-hydrogen) atoms. The maximum absolute atomic E-state index is 11.8. The van der Waals surface area contributed by atoms with Crippen molar-refractivity contribution in [1.29, 1.82) is 0 Å². The van der Waals surface area contributed by atoms with Crippen molar-refractivity contribution in [2.75, 3.05) is 20.6 Å². The predicted octanol–water partition coefficient (Wildman–Crippen LogP) is -1.28. The van der Waals surface area contributed by atoms with Gasteiger partial charge in [0.1, 0.15) is 11.4 Å². The molecule has 0 saturated carbocycles. The molecule has 10 heteroatoms. The van der Waals surface area contributed by atoms with E-state index < -0.39 is 22.5 Å². The van der Waals surface area contributed by atoms with Crippen LogP contribution in [0.2, 0.25) is 0 Å². The highest BCUT2D eigenvalue weighted by Crippen LogP contribution is 2.06. The Morgan fingerprint density at radius 1 is 1.45 bits per heavy atom. The third-order valence-corrected chi connectivity index (χ3v) is 3.76. The Labute approximate surface area is 116 Å². The largest absolute Gasteiger partial charge is 0.480 e. The maximum Gasteiger partial charge on any atom is 0.325 e. The fourth-order valence-corrected chi connectivity index (χ4v) is 2.29. The first-order chi connectivity index (χ1) is 9.22. The normalized spacial score (nSPS) is 11.3. The first kappa shape index (κ1) is 16.1. The molecule has 1 heterocycles. The number of carbonyl (C=O) groups is 2. The van der Waals surface area contributed by atoms with Gasteiger partial charge in [-0.25, -0.2) is 13.1 Å². The Morgan fingerprint density at radius 3 is 2.65 bits per heavy atom. The summed E-state index contributed by atoms with van der Waals surface area (Å²) in [4.78, 5) is 23.0. The molecule has 2 N–H and O–H groups in total. The van der Waals surface area contributed by atoms with E-state index in [1.807, 2.05) is 0 Å². The number of carboxylic acid groups (broad SMARTS) is 1. The topological polar surface area (TPSA) is 122 Å². The van der Waals surface area contributed by atoms with Gasteiger partial charge in [0, 0.05) is 33.3 Å². The van der Waals surface area contributed by atoms with Crippen LogP contribution in [0.5, 0.6) is 0 Å². The summed E-state index contributed by atoms with van der Waals surface area (Å²) in [5.74, 6) is -1.32. The lowest BCUT2D eigenvalue weighted by atomic mass is 10.4. The number of aliphatic carboxylic acids is 1. The van der Waals surface area contributed by atoms with E-state index in [9.17, 15) is 18.0 Å². The SMILES string of the molecule is CN(C)C(=O)CCNS(=O)(=O)c1cnn(CC(=O)O)c1. The van der Waals surface area contributed by atoms with Crippen LogP contribution in [0.4, 0.5) is 0 Å². The fourth-order valence-electron chi connectivity index (χ4n) is 1.31. The van der Waals surface area contributed by atoms with Crippen LogP contribution >= 0.6 is 0 Å². The van der Waals surface area contributed by atoms with Gasteiger partial charge in [0.25, 0.3) is 0 Å².